The zero-order chi connectivity index (χ0) is 16.2. The maximum atomic E-state index is 12.3. The fraction of sp³-hybridized carbons (Fsp3) is 0.929. The number of aliphatic hydroxyl groups is 1. The molecule has 124 valence electrons. The predicted octanol–water partition coefficient (Wildman–Crippen LogP) is 0.113. The molecule has 1 N–H and O–H groups in total. The summed E-state index contributed by atoms with van der Waals surface area (Å²) in [6.45, 7) is 9.62. The normalized spacial score (nSPS) is 20.6. The van der Waals surface area contributed by atoms with Crippen molar-refractivity contribution < 1.29 is 18.3 Å². The van der Waals surface area contributed by atoms with Crippen LogP contribution in [-0.2, 0) is 14.6 Å². The molecule has 1 amide bonds. The van der Waals surface area contributed by atoms with Gasteiger partial charge in [-0.3, -0.25) is 9.69 Å². The van der Waals surface area contributed by atoms with Crippen molar-refractivity contribution in [2.24, 2.45) is 0 Å². The summed E-state index contributed by atoms with van der Waals surface area (Å²) in [5.74, 6) is -0.306. The number of carbonyl (C=O) groups is 1. The van der Waals surface area contributed by atoms with E-state index in [2.05, 4.69) is 4.90 Å². The first-order valence-electron chi connectivity index (χ1n) is 7.62. The van der Waals surface area contributed by atoms with E-state index in [1.807, 2.05) is 6.92 Å². The van der Waals surface area contributed by atoms with Crippen LogP contribution in [0, 0.1) is 0 Å². The van der Waals surface area contributed by atoms with E-state index in [4.69, 9.17) is 0 Å². The Kier molecular flexibility index (Phi) is 6.62. The van der Waals surface area contributed by atoms with Crippen molar-refractivity contribution in [2.75, 3.05) is 32.7 Å². The standard InChI is InChI=1S/C14H28N2O4S/c1-5-13(17)10-15-6-8-16(9-7-15)14(18)12(4)21(19,20)11(2)3/h11-13,17H,5-10H2,1-4H3/t12-,13-/m0/s1. The lowest BCUT2D eigenvalue weighted by Crippen LogP contribution is -2.53. The first-order chi connectivity index (χ1) is 9.70. The third-order valence-corrected chi connectivity index (χ3v) is 6.62. The van der Waals surface area contributed by atoms with Gasteiger partial charge in [0, 0.05) is 32.7 Å². The average molecular weight is 320 g/mol. The number of piperazine rings is 1. The van der Waals surface area contributed by atoms with Crippen LogP contribution in [0.25, 0.3) is 0 Å². The largest absolute Gasteiger partial charge is 0.392 e. The molecular formula is C14H28N2O4S. The molecule has 7 heteroatoms. The summed E-state index contributed by atoms with van der Waals surface area (Å²) in [5, 5.41) is 8.11. The fourth-order valence-electron chi connectivity index (χ4n) is 2.38. The van der Waals surface area contributed by atoms with Crippen molar-refractivity contribution in [2.45, 2.75) is 50.7 Å². The van der Waals surface area contributed by atoms with Gasteiger partial charge in [0.05, 0.1) is 11.4 Å². The molecule has 6 nitrogen and oxygen atoms in total. The van der Waals surface area contributed by atoms with Crippen LogP contribution in [0.4, 0.5) is 0 Å². The molecule has 1 rings (SSSR count). The Labute approximate surface area is 128 Å². The second kappa shape index (κ2) is 7.56. The Hall–Kier alpha value is -0.660. The predicted molar refractivity (Wildman–Crippen MR) is 82.8 cm³/mol. The smallest absolute Gasteiger partial charge is 0.240 e. The van der Waals surface area contributed by atoms with E-state index in [0.29, 0.717) is 39.1 Å². The van der Waals surface area contributed by atoms with E-state index in [-0.39, 0.29) is 12.0 Å². The maximum absolute atomic E-state index is 12.3. The Balaban J connectivity index is 2.56. The van der Waals surface area contributed by atoms with Crippen molar-refractivity contribution >= 4 is 15.7 Å². The number of aliphatic hydroxyl groups excluding tert-OH is 1. The number of carbonyl (C=O) groups excluding carboxylic acids is 1. The summed E-state index contributed by atoms with van der Waals surface area (Å²) in [6.07, 6.45) is 0.371. The van der Waals surface area contributed by atoms with Crippen molar-refractivity contribution in [1.29, 1.82) is 0 Å². The summed E-state index contributed by atoms with van der Waals surface area (Å²) in [7, 11) is -3.41. The molecule has 0 bridgehead atoms. The summed E-state index contributed by atoms with van der Waals surface area (Å²) >= 11 is 0. The van der Waals surface area contributed by atoms with Gasteiger partial charge >= 0.3 is 0 Å². The number of β-amino-alcohol motifs (C(OH)–C–C–N with tert-alkyl or cyclic N) is 1. The zero-order valence-electron chi connectivity index (χ0n) is 13.4. The molecule has 0 aromatic rings. The van der Waals surface area contributed by atoms with Crippen molar-refractivity contribution in [3.05, 3.63) is 0 Å². The van der Waals surface area contributed by atoms with Gasteiger partial charge in [-0.2, -0.15) is 0 Å². The van der Waals surface area contributed by atoms with Crippen LogP contribution in [0.3, 0.4) is 0 Å². The van der Waals surface area contributed by atoms with Crippen molar-refractivity contribution in [1.82, 2.24) is 9.80 Å². The van der Waals surface area contributed by atoms with Crippen LogP contribution in [0.2, 0.25) is 0 Å². The molecule has 1 fully saturated rings. The number of hydrogen-bond donors (Lipinski definition) is 1. The first kappa shape index (κ1) is 18.4. The van der Waals surface area contributed by atoms with E-state index in [9.17, 15) is 18.3 Å². The van der Waals surface area contributed by atoms with E-state index >= 15 is 0 Å². The van der Waals surface area contributed by atoms with Crippen LogP contribution in [-0.4, -0.2) is 78.6 Å². The molecule has 0 aromatic heterocycles. The van der Waals surface area contributed by atoms with Crippen molar-refractivity contribution in [3.63, 3.8) is 0 Å². The Morgan fingerprint density at radius 2 is 1.67 bits per heavy atom. The van der Waals surface area contributed by atoms with Gasteiger partial charge in [0.15, 0.2) is 9.84 Å². The van der Waals surface area contributed by atoms with Gasteiger partial charge in [0.2, 0.25) is 5.91 Å². The first-order valence-corrected chi connectivity index (χ1v) is 9.23. The van der Waals surface area contributed by atoms with Crippen molar-refractivity contribution in [3.8, 4) is 0 Å². The number of hydrogen-bond acceptors (Lipinski definition) is 5. The highest BCUT2D eigenvalue weighted by Crippen LogP contribution is 2.14. The molecule has 0 saturated carbocycles. The minimum atomic E-state index is -3.41. The van der Waals surface area contributed by atoms with Gasteiger partial charge in [-0.1, -0.05) is 6.92 Å². The fourth-order valence-corrected chi connectivity index (χ4v) is 3.63. The van der Waals surface area contributed by atoms with E-state index in [1.165, 1.54) is 6.92 Å². The zero-order valence-corrected chi connectivity index (χ0v) is 14.3. The number of nitrogens with zero attached hydrogens (tertiary/aromatic N) is 2. The molecule has 1 saturated heterocycles. The van der Waals surface area contributed by atoms with Crippen LogP contribution in [0.15, 0.2) is 0 Å². The molecule has 1 aliphatic heterocycles. The average Bonchev–Trinajstić information content (AvgIpc) is 2.46. The SMILES string of the molecule is CC[C@H](O)CN1CCN(C(=O)[C@H](C)S(=O)(=O)C(C)C)CC1. The van der Waals surface area contributed by atoms with E-state index in [1.54, 1.807) is 18.7 Å². The minimum Gasteiger partial charge on any atom is -0.392 e. The number of amides is 1. The topological polar surface area (TPSA) is 77.9 Å². The lowest BCUT2D eigenvalue weighted by atomic mass is 10.2. The summed E-state index contributed by atoms with van der Waals surface area (Å²) in [6, 6.07) is 0. The van der Waals surface area contributed by atoms with Crippen LogP contribution in [0.5, 0.6) is 0 Å². The number of rotatable bonds is 6. The molecule has 0 unspecified atom stereocenters. The third-order valence-electron chi connectivity index (χ3n) is 4.12. The maximum Gasteiger partial charge on any atom is 0.240 e. The Morgan fingerprint density at radius 3 is 2.10 bits per heavy atom. The summed E-state index contributed by atoms with van der Waals surface area (Å²) < 4.78 is 24.1. The lowest BCUT2D eigenvalue weighted by molar-refractivity contribution is -0.132. The van der Waals surface area contributed by atoms with Gasteiger partial charge < -0.3 is 10.0 Å². The second-order valence-corrected chi connectivity index (χ2v) is 8.80. The monoisotopic (exact) mass is 320 g/mol. The Morgan fingerprint density at radius 1 is 1.14 bits per heavy atom. The van der Waals surface area contributed by atoms with Gasteiger partial charge in [0.25, 0.3) is 0 Å². The molecule has 0 aromatic carbocycles. The molecule has 0 aliphatic carbocycles. The molecule has 21 heavy (non-hydrogen) atoms. The quantitative estimate of drug-likeness (QED) is 0.752. The van der Waals surface area contributed by atoms with Crippen LogP contribution < -0.4 is 0 Å². The highest BCUT2D eigenvalue weighted by molar-refractivity contribution is 7.93. The van der Waals surface area contributed by atoms with Gasteiger partial charge in [-0.15, -0.1) is 0 Å². The van der Waals surface area contributed by atoms with Crippen LogP contribution >= 0.6 is 0 Å². The highest BCUT2D eigenvalue weighted by atomic mass is 32.2. The molecule has 1 heterocycles. The molecule has 1 aliphatic rings. The third kappa shape index (κ3) is 4.66. The summed E-state index contributed by atoms with van der Waals surface area (Å²) in [4.78, 5) is 16.0. The second-order valence-electron chi connectivity index (χ2n) is 5.97. The van der Waals surface area contributed by atoms with Gasteiger partial charge in [-0.25, -0.2) is 8.42 Å². The van der Waals surface area contributed by atoms with Gasteiger partial charge in [-0.05, 0) is 27.2 Å². The highest BCUT2D eigenvalue weighted by Gasteiger charge is 2.34. The lowest BCUT2D eigenvalue weighted by Gasteiger charge is -2.36. The molecule has 2 atom stereocenters. The molecular weight excluding hydrogens is 292 g/mol. The van der Waals surface area contributed by atoms with E-state index < -0.39 is 20.3 Å². The summed E-state index contributed by atoms with van der Waals surface area (Å²) in [5.41, 5.74) is 0. The van der Waals surface area contributed by atoms with Gasteiger partial charge in [0.1, 0.15) is 5.25 Å². The molecule has 0 radical (unpaired) electrons. The molecule has 0 spiro atoms. The van der Waals surface area contributed by atoms with Crippen LogP contribution in [0.1, 0.15) is 34.1 Å². The Bertz CT molecular complexity index is 442. The van der Waals surface area contributed by atoms with E-state index in [0.717, 1.165) is 0 Å². The minimum absolute atomic E-state index is 0.306. The number of sulfone groups is 1.